The molecule has 1 aromatic heterocycles. The number of rotatable bonds is 5. The Balaban J connectivity index is 2.55. The Hall–Kier alpha value is -0.940. The maximum Gasteiger partial charge on any atom is 0.239 e. The van der Waals surface area contributed by atoms with E-state index < -0.39 is 0 Å². The van der Waals surface area contributed by atoms with Crippen molar-refractivity contribution < 1.29 is 4.79 Å². The van der Waals surface area contributed by atoms with Crippen molar-refractivity contribution in [1.29, 1.82) is 0 Å². The van der Waals surface area contributed by atoms with Gasteiger partial charge in [0.15, 0.2) is 0 Å². The Morgan fingerprint density at radius 3 is 2.69 bits per heavy atom. The number of likely N-dealkylation sites (N-methyl/N-ethyl adjacent to an activating group) is 1. The molecule has 0 radical (unpaired) electrons. The second-order valence-electron chi connectivity index (χ2n) is 4.30. The molecule has 0 aliphatic carbocycles. The molecule has 0 saturated heterocycles. The molecule has 0 aliphatic heterocycles. The smallest absolute Gasteiger partial charge is 0.239 e. The van der Waals surface area contributed by atoms with Crippen molar-refractivity contribution in [3.05, 3.63) is 16.6 Å². The minimum atomic E-state index is -0.128. The molecular formula is C11H19N3OS. The molecule has 1 unspecified atom stereocenters. The first-order valence-corrected chi connectivity index (χ1v) is 6.22. The highest BCUT2D eigenvalue weighted by atomic mass is 32.1. The van der Waals surface area contributed by atoms with Crippen LogP contribution in [0.15, 0.2) is 11.7 Å². The van der Waals surface area contributed by atoms with E-state index in [1.54, 1.807) is 35.8 Å². The van der Waals surface area contributed by atoms with Crippen LogP contribution in [0.5, 0.6) is 0 Å². The van der Waals surface area contributed by atoms with Gasteiger partial charge >= 0.3 is 0 Å². The first-order chi connectivity index (χ1) is 7.52. The van der Waals surface area contributed by atoms with Crippen LogP contribution in [0.2, 0.25) is 0 Å². The van der Waals surface area contributed by atoms with Gasteiger partial charge in [0.05, 0.1) is 11.6 Å². The van der Waals surface area contributed by atoms with Crippen molar-refractivity contribution in [1.82, 2.24) is 15.2 Å². The highest BCUT2D eigenvalue weighted by Gasteiger charge is 2.22. The molecule has 1 amide bonds. The summed E-state index contributed by atoms with van der Waals surface area (Å²) in [4.78, 5) is 18.7. The third kappa shape index (κ3) is 3.57. The monoisotopic (exact) mass is 241 g/mol. The van der Waals surface area contributed by atoms with E-state index in [0.29, 0.717) is 6.54 Å². The molecule has 1 atom stereocenters. The van der Waals surface area contributed by atoms with E-state index in [0.717, 1.165) is 4.88 Å². The number of hydrogen-bond donors (Lipinski definition) is 1. The number of carbonyl (C=O) groups is 1. The first-order valence-electron chi connectivity index (χ1n) is 5.34. The summed E-state index contributed by atoms with van der Waals surface area (Å²) in [5, 5.41) is 3.28. The largest absolute Gasteiger partial charge is 0.347 e. The summed E-state index contributed by atoms with van der Waals surface area (Å²) in [7, 11) is 3.57. The van der Waals surface area contributed by atoms with Crippen LogP contribution in [0.25, 0.3) is 0 Å². The molecule has 1 heterocycles. The number of carbonyl (C=O) groups excluding carboxylic acids is 1. The molecule has 0 fully saturated rings. The summed E-state index contributed by atoms with van der Waals surface area (Å²) in [6.45, 7) is 4.80. The van der Waals surface area contributed by atoms with Crippen LogP contribution in [-0.2, 0) is 11.3 Å². The number of nitrogens with zero attached hydrogens (tertiary/aromatic N) is 2. The summed E-state index contributed by atoms with van der Waals surface area (Å²) < 4.78 is 0. The minimum absolute atomic E-state index is 0.125. The molecule has 1 rings (SSSR count). The average Bonchev–Trinajstić information content (AvgIpc) is 2.69. The lowest BCUT2D eigenvalue weighted by molar-refractivity contribution is -0.132. The third-order valence-electron chi connectivity index (χ3n) is 2.35. The number of hydrogen-bond acceptors (Lipinski definition) is 4. The van der Waals surface area contributed by atoms with Crippen LogP contribution in [0, 0.1) is 5.92 Å². The van der Waals surface area contributed by atoms with Crippen molar-refractivity contribution in [3.8, 4) is 0 Å². The van der Waals surface area contributed by atoms with Gasteiger partial charge in [-0.15, -0.1) is 11.3 Å². The molecule has 0 bridgehead atoms. The highest BCUT2D eigenvalue weighted by molar-refractivity contribution is 7.09. The Morgan fingerprint density at radius 1 is 1.56 bits per heavy atom. The average molecular weight is 241 g/mol. The molecule has 90 valence electrons. The zero-order chi connectivity index (χ0) is 12.1. The number of aromatic nitrogens is 1. The second-order valence-corrected chi connectivity index (χ2v) is 5.27. The molecule has 4 nitrogen and oxygen atoms in total. The summed E-state index contributed by atoms with van der Waals surface area (Å²) >= 11 is 1.60. The Morgan fingerprint density at radius 2 is 2.25 bits per heavy atom. The SMILES string of the molecule is CC(C)C(NCc1cncs1)C(=O)N(C)C. The van der Waals surface area contributed by atoms with Gasteiger partial charge in [0, 0.05) is 31.7 Å². The summed E-state index contributed by atoms with van der Waals surface area (Å²) in [5.41, 5.74) is 1.80. The lowest BCUT2D eigenvalue weighted by atomic mass is 10.0. The topological polar surface area (TPSA) is 45.2 Å². The van der Waals surface area contributed by atoms with Crippen molar-refractivity contribution in [2.24, 2.45) is 5.92 Å². The van der Waals surface area contributed by atoms with Crippen molar-refractivity contribution in [2.45, 2.75) is 26.4 Å². The maximum atomic E-state index is 11.9. The summed E-state index contributed by atoms with van der Waals surface area (Å²) in [6, 6.07) is -0.128. The summed E-state index contributed by atoms with van der Waals surface area (Å²) in [6.07, 6.45) is 1.83. The van der Waals surface area contributed by atoms with Gasteiger partial charge in [0.2, 0.25) is 5.91 Å². The van der Waals surface area contributed by atoms with Crippen LogP contribution in [0.4, 0.5) is 0 Å². The van der Waals surface area contributed by atoms with Gasteiger partial charge < -0.3 is 10.2 Å². The van der Waals surface area contributed by atoms with Gasteiger partial charge in [-0.05, 0) is 5.92 Å². The van der Waals surface area contributed by atoms with Crippen molar-refractivity contribution in [3.63, 3.8) is 0 Å². The van der Waals surface area contributed by atoms with Gasteiger partial charge in [0.1, 0.15) is 0 Å². The van der Waals surface area contributed by atoms with Crippen LogP contribution in [0.3, 0.4) is 0 Å². The predicted octanol–water partition coefficient (Wildman–Crippen LogP) is 1.35. The van der Waals surface area contributed by atoms with E-state index in [-0.39, 0.29) is 17.9 Å². The number of amides is 1. The van der Waals surface area contributed by atoms with Crippen LogP contribution < -0.4 is 5.32 Å². The zero-order valence-electron chi connectivity index (χ0n) is 10.2. The number of nitrogens with one attached hydrogen (secondary N) is 1. The normalized spacial score (nSPS) is 12.8. The van der Waals surface area contributed by atoms with E-state index in [1.807, 2.05) is 20.0 Å². The predicted molar refractivity (Wildman–Crippen MR) is 66.3 cm³/mol. The molecule has 1 N–H and O–H groups in total. The quantitative estimate of drug-likeness (QED) is 0.846. The molecule has 0 spiro atoms. The molecular weight excluding hydrogens is 222 g/mol. The Bertz CT molecular complexity index is 322. The molecule has 16 heavy (non-hydrogen) atoms. The van der Waals surface area contributed by atoms with Gasteiger partial charge in [0.25, 0.3) is 0 Å². The second kappa shape index (κ2) is 5.96. The molecule has 0 saturated carbocycles. The fourth-order valence-electron chi connectivity index (χ4n) is 1.43. The lowest BCUT2D eigenvalue weighted by Gasteiger charge is -2.24. The maximum absolute atomic E-state index is 11.9. The van der Waals surface area contributed by atoms with E-state index in [9.17, 15) is 4.79 Å². The minimum Gasteiger partial charge on any atom is -0.347 e. The van der Waals surface area contributed by atoms with E-state index >= 15 is 0 Å². The van der Waals surface area contributed by atoms with Gasteiger partial charge in [-0.25, -0.2) is 0 Å². The van der Waals surface area contributed by atoms with Gasteiger partial charge in [-0.1, -0.05) is 13.8 Å². The van der Waals surface area contributed by atoms with Crippen LogP contribution in [0.1, 0.15) is 18.7 Å². The molecule has 0 aliphatic rings. The third-order valence-corrected chi connectivity index (χ3v) is 3.13. The standard InChI is InChI=1S/C11H19N3OS/c1-8(2)10(11(15)14(3)4)13-6-9-5-12-7-16-9/h5,7-8,10,13H,6H2,1-4H3. The summed E-state index contributed by atoms with van der Waals surface area (Å²) in [5.74, 6) is 0.405. The van der Waals surface area contributed by atoms with Crippen LogP contribution >= 0.6 is 11.3 Å². The molecule has 5 heteroatoms. The van der Waals surface area contributed by atoms with Crippen LogP contribution in [-0.4, -0.2) is 35.9 Å². The highest BCUT2D eigenvalue weighted by Crippen LogP contribution is 2.09. The Labute approximate surface area is 101 Å². The number of thiazole rings is 1. The van der Waals surface area contributed by atoms with Gasteiger partial charge in [-0.2, -0.15) is 0 Å². The molecule has 0 aromatic carbocycles. The lowest BCUT2D eigenvalue weighted by Crippen LogP contribution is -2.46. The van der Waals surface area contributed by atoms with Crippen molar-refractivity contribution in [2.75, 3.05) is 14.1 Å². The van der Waals surface area contributed by atoms with E-state index in [4.69, 9.17) is 0 Å². The molecule has 1 aromatic rings. The fourth-order valence-corrected chi connectivity index (χ4v) is 1.97. The van der Waals surface area contributed by atoms with E-state index in [2.05, 4.69) is 10.3 Å². The fraction of sp³-hybridized carbons (Fsp3) is 0.636. The zero-order valence-corrected chi connectivity index (χ0v) is 11.0. The Kier molecular flexibility index (Phi) is 4.89. The van der Waals surface area contributed by atoms with E-state index in [1.165, 1.54) is 0 Å². The first kappa shape index (κ1) is 13.1. The van der Waals surface area contributed by atoms with Gasteiger partial charge in [-0.3, -0.25) is 9.78 Å². The van der Waals surface area contributed by atoms with Crippen molar-refractivity contribution >= 4 is 17.2 Å².